The number of aliphatic carboxylic acids is 1. The van der Waals surface area contributed by atoms with E-state index in [1.165, 1.54) is 5.57 Å². The van der Waals surface area contributed by atoms with Crippen LogP contribution < -0.4 is 5.32 Å². The molecule has 1 heterocycles. The molecule has 156 valence electrons. The zero-order chi connectivity index (χ0) is 21.3. The molecule has 0 unspecified atom stereocenters. The lowest BCUT2D eigenvalue weighted by Gasteiger charge is -2.07. The Bertz CT molecular complexity index is 1010. The molecular weight excluding hydrogens is 378 g/mol. The van der Waals surface area contributed by atoms with E-state index in [0.29, 0.717) is 24.9 Å². The molecule has 3 rings (SSSR count). The molecule has 0 atom stereocenters. The van der Waals surface area contributed by atoms with Crippen LogP contribution in [-0.2, 0) is 11.3 Å². The van der Waals surface area contributed by atoms with Gasteiger partial charge in [0.2, 0.25) is 11.8 Å². The molecule has 2 aromatic carbocycles. The van der Waals surface area contributed by atoms with Crippen LogP contribution >= 0.6 is 0 Å². The first-order chi connectivity index (χ1) is 14.6. The van der Waals surface area contributed by atoms with Crippen molar-refractivity contribution in [3.63, 3.8) is 0 Å². The number of allylic oxidation sites excluding steroid dienone is 1. The summed E-state index contributed by atoms with van der Waals surface area (Å²) in [5, 5.41) is 20.3. The Morgan fingerprint density at radius 2 is 1.93 bits per heavy atom. The highest BCUT2D eigenvalue weighted by Gasteiger charge is 2.12. The fourth-order valence-electron chi connectivity index (χ4n) is 3.28. The van der Waals surface area contributed by atoms with Gasteiger partial charge in [-0.3, -0.25) is 4.79 Å². The van der Waals surface area contributed by atoms with E-state index in [1.54, 1.807) is 0 Å². The Balaban J connectivity index is 1.74. The summed E-state index contributed by atoms with van der Waals surface area (Å²) in [5.74, 6) is 0.189. The fraction of sp³-hybridized carbons (Fsp3) is 0.292. The largest absolute Gasteiger partial charge is 0.481 e. The maximum absolute atomic E-state index is 10.6. The zero-order valence-corrected chi connectivity index (χ0v) is 17.4. The maximum Gasteiger partial charge on any atom is 0.304 e. The Labute approximate surface area is 176 Å². The number of aromatic nitrogens is 2. The number of hydrogen-bond acceptors (Lipinski definition) is 5. The van der Waals surface area contributed by atoms with Gasteiger partial charge >= 0.3 is 5.97 Å². The Kier molecular flexibility index (Phi) is 7.51. The summed E-state index contributed by atoms with van der Waals surface area (Å²) in [5.41, 5.74) is 5.34. The van der Waals surface area contributed by atoms with Crippen molar-refractivity contribution in [3.8, 4) is 11.5 Å². The third kappa shape index (κ3) is 5.87. The van der Waals surface area contributed by atoms with Gasteiger partial charge in [-0.25, -0.2) is 0 Å². The van der Waals surface area contributed by atoms with Crippen molar-refractivity contribution in [1.82, 2.24) is 15.5 Å². The lowest BCUT2D eigenvalue weighted by atomic mass is 10.0. The van der Waals surface area contributed by atoms with Crippen molar-refractivity contribution in [2.45, 2.75) is 39.7 Å². The molecule has 0 saturated carbocycles. The number of carbonyl (C=O) groups is 1. The van der Waals surface area contributed by atoms with E-state index in [4.69, 9.17) is 9.52 Å². The number of hydrogen-bond donors (Lipinski definition) is 2. The number of benzene rings is 2. The van der Waals surface area contributed by atoms with Crippen molar-refractivity contribution in [2.24, 2.45) is 0 Å². The second kappa shape index (κ2) is 10.5. The molecular formula is C24H27N3O3. The summed E-state index contributed by atoms with van der Waals surface area (Å²) >= 11 is 0. The zero-order valence-electron chi connectivity index (χ0n) is 17.4. The SMILES string of the molecule is CCCC(=Cc1nnc(-c2ccc(CNCCC(=O)O)cc2C)o1)c1ccccc1. The predicted molar refractivity (Wildman–Crippen MR) is 118 cm³/mol. The number of nitrogens with zero attached hydrogens (tertiary/aromatic N) is 2. The van der Waals surface area contributed by atoms with Gasteiger partial charge in [-0.15, -0.1) is 10.2 Å². The molecule has 6 heteroatoms. The highest BCUT2D eigenvalue weighted by Crippen LogP contribution is 2.26. The molecule has 0 aliphatic rings. The van der Waals surface area contributed by atoms with Crippen molar-refractivity contribution < 1.29 is 14.3 Å². The molecule has 6 nitrogen and oxygen atoms in total. The highest BCUT2D eigenvalue weighted by atomic mass is 16.4. The Hall–Kier alpha value is -3.25. The average molecular weight is 405 g/mol. The number of nitrogens with one attached hydrogen (secondary N) is 1. The van der Waals surface area contributed by atoms with Gasteiger partial charge < -0.3 is 14.8 Å². The predicted octanol–water partition coefficient (Wildman–Crippen LogP) is 4.95. The molecule has 30 heavy (non-hydrogen) atoms. The van der Waals surface area contributed by atoms with Crippen LogP contribution in [0.25, 0.3) is 23.1 Å². The third-order valence-electron chi connectivity index (χ3n) is 4.77. The van der Waals surface area contributed by atoms with Crippen LogP contribution in [0, 0.1) is 6.92 Å². The summed E-state index contributed by atoms with van der Waals surface area (Å²) in [6, 6.07) is 16.2. The van der Waals surface area contributed by atoms with Gasteiger partial charge in [0.25, 0.3) is 0 Å². The Morgan fingerprint density at radius 1 is 1.13 bits per heavy atom. The first-order valence-corrected chi connectivity index (χ1v) is 10.2. The normalized spacial score (nSPS) is 11.6. The van der Waals surface area contributed by atoms with E-state index in [2.05, 4.69) is 40.6 Å². The van der Waals surface area contributed by atoms with Crippen molar-refractivity contribution in [2.75, 3.05) is 6.54 Å². The summed E-state index contributed by atoms with van der Waals surface area (Å²) < 4.78 is 5.93. The average Bonchev–Trinajstić information content (AvgIpc) is 3.20. The molecule has 0 saturated heterocycles. The van der Waals surface area contributed by atoms with E-state index < -0.39 is 5.97 Å². The van der Waals surface area contributed by atoms with Crippen LogP contribution in [0.3, 0.4) is 0 Å². The number of aryl methyl sites for hydroxylation is 1. The van der Waals surface area contributed by atoms with Crippen LogP contribution in [0.15, 0.2) is 52.9 Å². The summed E-state index contributed by atoms with van der Waals surface area (Å²) in [4.78, 5) is 10.6. The number of carboxylic acid groups (broad SMARTS) is 1. The molecule has 0 spiro atoms. The number of carboxylic acids is 1. The molecule has 0 radical (unpaired) electrons. The molecule has 0 aliphatic carbocycles. The topological polar surface area (TPSA) is 88.2 Å². The minimum Gasteiger partial charge on any atom is -0.481 e. The van der Waals surface area contributed by atoms with Gasteiger partial charge in [-0.2, -0.15) is 0 Å². The lowest BCUT2D eigenvalue weighted by molar-refractivity contribution is -0.136. The van der Waals surface area contributed by atoms with E-state index in [9.17, 15) is 4.79 Å². The first kappa shape index (κ1) is 21.5. The van der Waals surface area contributed by atoms with Gasteiger partial charge in [0.15, 0.2) is 0 Å². The Morgan fingerprint density at radius 3 is 2.63 bits per heavy atom. The van der Waals surface area contributed by atoms with Crippen LogP contribution in [0.2, 0.25) is 0 Å². The highest BCUT2D eigenvalue weighted by molar-refractivity contribution is 5.79. The van der Waals surface area contributed by atoms with Crippen molar-refractivity contribution in [1.29, 1.82) is 0 Å². The standard InChI is InChI=1S/C24H27N3O3/c1-3-7-20(19-8-5-4-6-9-19)15-22-26-27-24(30-22)21-11-10-18(14-17(21)2)16-25-13-12-23(28)29/h4-6,8-11,14-15,25H,3,7,12-13,16H2,1-2H3,(H,28,29). The van der Waals surface area contributed by atoms with E-state index in [0.717, 1.165) is 35.1 Å². The van der Waals surface area contributed by atoms with E-state index >= 15 is 0 Å². The van der Waals surface area contributed by atoms with Gasteiger partial charge in [-0.1, -0.05) is 55.8 Å². The van der Waals surface area contributed by atoms with Crippen LogP contribution in [-0.4, -0.2) is 27.8 Å². The van der Waals surface area contributed by atoms with Gasteiger partial charge in [0.05, 0.1) is 6.42 Å². The van der Waals surface area contributed by atoms with Crippen LogP contribution in [0.5, 0.6) is 0 Å². The quantitative estimate of drug-likeness (QED) is 0.464. The monoisotopic (exact) mass is 405 g/mol. The molecule has 1 aromatic heterocycles. The van der Waals surface area contributed by atoms with Gasteiger partial charge in [-0.05, 0) is 41.7 Å². The lowest BCUT2D eigenvalue weighted by Crippen LogP contribution is -2.17. The van der Waals surface area contributed by atoms with Gasteiger partial charge in [0, 0.05) is 24.7 Å². The fourth-order valence-corrected chi connectivity index (χ4v) is 3.28. The molecule has 0 amide bonds. The molecule has 2 N–H and O–H groups in total. The summed E-state index contributed by atoms with van der Waals surface area (Å²) in [6.07, 6.45) is 4.04. The minimum absolute atomic E-state index is 0.109. The summed E-state index contributed by atoms with van der Waals surface area (Å²) in [6.45, 7) is 5.21. The smallest absolute Gasteiger partial charge is 0.304 e. The van der Waals surface area contributed by atoms with Crippen LogP contribution in [0.4, 0.5) is 0 Å². The minimum atomic E-state index is -0.801. The second-order valence-corrected chi connectivity index (χ2v) is 7.20. The molecule has 3 aromatic rings. The third-order valence-corrected chi connectivity index (χ3v) is 4.77. The molecule has 0 fully saturated rings. The molecule has 0 aliphatic heterocycles. The van der Waals surface area contributed by atoms with Crippen molar-refractivity contribution >= 4 is 17.6 Å². The van der Waals surface area contributed by atoms with Gasteiger partial charge in [0.1, 0.15) is 0 Å². The molecule has 0 bridgehead atoms. The van der Waals surface area contributed by atoms with E-state index in [-0.39, 0.29) is 6.42 Å². The second-order valence-electron chi connectivity index (χ2n) is 7.20. The number of rotatable bonds is 10. The van der Waals surface area contributed by atoms with Crippen molar-refractivity contribution in [3.05, 3.63) is 71.1 Å². The maximum atomic E-state index is 10.6. The first-order valence-electron chi connectivity index (χ1n) is 10.2. The summed E-state index contributed by atoms with van der Waals surface area (Å²) in [7, 11) is 0. The van der Waals surface area contributed by atoms with E-state index in [1.807, 2.05) is 43.3 Å². The van der Waals surface area contributed by atoms with Crippen LogP contribution in [0.1, 0.15) is 48.8 Å².